The molecule has 0 bridgehead atoms. The fourth-order valence-electron chi connectivity index (χ4n) is 8.25. The summed E-state index contributed by atoms with van der Waals surface area (Å²) >= 11 is 0. The number of para-hydroxylation sites is 2. The van der Waals surface area contributed by atoms with Crippen LogP contribution < -0.4 is 0 Å². The topological polar surface area (TPSA) is 69.6 Å². The average molecular weight is 754 g/mol. The van der Waals surface area contributed by atoms with Crippen LogP contribution in [0, 0.1) is 0 Å². The molecule has 58 heavy (non-hydrogen) atoms. The summed E-state index contributed by atoms with van der Waals surface area (Å²) in [5.41, 5.74) is 11.7. The molecule has 6 heteroatoms. The summed E-state index contributed by atoms with van der Waals surface area (Å²) in [6.07, 6.45) is 8.58. The van der Waals surface area contributed by atoms with Crippen molar-refractivity contribution in [3.63, 3.8) is 0 Å². The Hall–Kier alpha value is -6.92. The zero-order chi connectivity index (χ0) is 39.0. The number of aryl methyl sites for hydroxylation is 2. The van der Waals surface area contributed by atoms with E-state index < -0.39 is 0 Å². The van der Waals surface area contributed by atoms with Crippen LogP contribution in [-0.4, -0.2) is 24.5 Å². The molecule has 0 atom stereocenters. The summed E-state index contributed by atoms with van der Waals surface area (Å²) in [6.45, 7) is 4.46. The van der Waals surface area contributed by atoms with Crippen LogP contribution in [0.3, 0.4) is 0 Å². The number of hydrogen-bond donors (Lipinski definition) is 0. The minimum absolute atomic E-state index is 0.585. The largest absolute Gasteiger partial charge is 0.456 e. The summed E-state index contributed by atoms with van der Waals surface area (Å²) in [7, 11) is 0. The fraction of sp³-hybridized carbons (Fsp3) is 0.154. The first-order valence-electron chi connectivity index (χ1n) is 20.5. The summed E-state index contributed by atoms with van der Waals surface area (Å²) < 4.78 is 8.74. The Morgan fingerprint density at radius 1 is 0.483 bits per heavy atom. The van der Waals surface area contributed by atoms with Gasteiger partial charge in [-0.05, 0) is 84.3 Å². The van der Waals surface area contributed by atoms with Crippen LogP contribution in [0.25, 0.3) is 94.9 Å². The second-order valence-electron chi connectivity index (χ2n) is 15.2. The van der Waals surface area contributed by atoms with Crippen LogP contribution in [0.1, 0.15) is 50.7 Å². The molecule has 0 fully saturated rings. The molecule has 282 valence electrons. The lowest BCUT2D eigenvalue weighted by Crippen LogP contribution is -2.02. The average Bonchev–Trinajstić information content (AvgIpc) is 3.83. The molecular formula is C52H43N5O. The molecule has 10 rings (SSSR count). The van der Waals surface area contributed by atoms with Gasteiger partial charge in [-0.3, -0.25) is 4.57 Å². The molecule has 0 amide bonds. The van der Waals surface area contributed by atoms with Crippen LogP contribution in [0.2, 0.25) is 0 Å². The molecule has 0 aliphatic carbocycles. The van der Waals surface area contributed by atoms with Gasteiger partial charge in [0, 0.05) is 44.4 Å². The van der Waals surface area contributed by atoms with E-state index in [9.17, 15) is 0 Å². The third kappa shape index (κ3) is 6.50. The lowest BCUT2D eigenvalue weighted by atomic mass is 9.94. The van der Waals surface area contributed by atoms with Gasteiger partial charge in [0.1, 0.15) is 17.0 Å². The molecule has 0 aliphatic rings. The maximum absolute atomic E-state index is 6.46. The molecule has 0 N–H and O–H groups in total. The van der Waals surface area contributed by atoms with Crippen LogP contribution in [0.15, 0.2) is 156 Å². The van der Waals surface area contributed by atoms with Crippen molar-refractivity contribution in [2.24, 2.45) is 0 Å². The van der Waals surface area contributed by atoms with Crippen molar-refractivity contribution in [3.05, 3.63) is 163 Å². The Kier molecular flexibility index (Phi) is 9.30. The lowest BCUT2D eigenvalue weighted by Gasteiger charge is -2.11. The van der Waals surface area contributed by atoms with Crippen molar-refractivity contribution in [3.8, 4) is 51.1 Å². The SMILES string of the molecule is CCCCc1ccc(-c2nc(-c3ccccc3)nc(-c3ccc(-n4c5ccccc5c5ccc(-c6cc(CCCC)cc7oc8ccccc8c67)cc54)nc3)n2)cc1. The summed E-state index contributed by atoms with van der Waals surface area (Å²) in [4.78, 5) is 20.1. The summed E-state index contributed by atoms with van der Waals surface area (Å²) in [5, 5.41) is 4.64. The number of nitrogens with zero attached hydrogens (tertiary/aromatic N) is 5. The Labute approximate surface area is 337 Å². The molecule has 0 unspecified atom stereocenters. The van der Waals surface area contributed by atoms with E-state index in [-0.39, 0.29) is 0 Å². The van der Waals surface area contributed by atoms with Crippen LogP contribution in [0.5, 0.6) is 0 Å². The Bertz CT molecular complexity index is 3070. The zero-order valence-electron chi connectivity index (χ0n) is 32.8. The van der Waals surface area contributed by atoms with Gasteiger partial charge < -0.3 is 4.42 Å². The summed E-state index contributed by atoms with van der Waals surface area (Å²) in [5.74, 6) is 2.68. The van der Waals surface area contributed by atoms with Crippen molar-refractivity contribution in [2.45, 2.75) is 52.4 Å². The van der Waals surface area contributed by atoms with Crippen LogP contribution >= 0.6 is 0 Å². The molecule has 6 nitrogen and oxygen atoms in total. The van der Waals surface area contributed by atoms with E-state index in [1.54, 1.807) is 0 Å². The lowest BCUT2D eigenvalue weighted by molar-refractivity contribution is 0.667. The Morgan fingerprint density at radius 3 is 1.84 bits per heavy atom. The number of hydrogen-bond acceptors (Lipinski definition) is 5. The molecule has 0 spiro atoms. The van der Waals surface area contributed by atoms with Crippen molar-refractivity contribution in [1.82, 2.24) is 24.5 Å². The predicted octanol–water partition coefficient (Wildman–Crippen LogP) is 13.6. The van der Waals surface area contributed by atoms with Crippen molar-refractivity contribution in [1.29, 1.82) is 0 Å². The molecule has 6 aromatic carbocycles. The smallest absolute Gasteiger partial charge is 0.165 e. The second kappa shape index (κ2) is 15.2. The summed E-state index contributed by atoms with van der Waals surface area (Å²) in [6, 6.07) is 51.3. The molecule has 0 aliphatic heterocycles. The maximum Gasteiger partial charge on any atom is 0.165 e. The normalized spacial score (nSPS) is 11.7. The van der Waals surface area contributed by atoms with E-state index in [1.165, 1.54) is 40.3 Å². The number of rotatable bonds is 11. The van der Waals surface area contributed by atoms with Gasteiger partial charge in [-0.1, -0.05) is 136 Å². The standard InChI is InChI=1S/C52H43N5O/c1-3-5-14-34-22-24-37(25-23-34)51-54-50(36-16-8-7-9-17-36)55-52(56-51)39-27-29-48(53-33-39)57-44-20-12-10-18-40(44)41-28-26-38(32-45(41)57)43-30-35(15-6-4-2)31-47-49(43)42-19-11-13-21-46(42)58-47/h7-13,16-33H,3-6,14-15H2,1-2H3. The van der Waals surface area contributed by atoms with Gasteiger partial charge in [0.2, 0.25) is 0 Å². The van der Waals surface area contributed by atoms with Crippen LogP contribution in [-0.2, 0) is 12.8 Å². The highest BCUT2D eigenvalue weighted by Crippen LogP contribution is 2.41. The van der Waals surface area contributed by atoms with Crippen molar-refractivity contribution < 1.29 is 4.42 Å². The van der Waals surface area contributed by atoms with Gasteiger partial charge >= 0.3 is 0 Å². The van der Waals surface area contributed by atoms with E-state index in [0.29, 0.717) is 17.5 Å². The first-order valence-corrected chi connectivity index (χ1v) is 20.5. The van der Waals surface area contributed by atoms with Crippen molar-refractivity contribution in [2.75, 3.05) is 0 Å². The highest BCUT2D eigenvalue weighted by molar-refractivity contribution is 6.15. The van der Waals surface area contributed by atoms with Crippen molar-refractivity contribution >= 4 is 43.7 Å². The molecule has 10 aromatic rings. The van der Waals surface area contributed by atoms with Crippen LogP contribution in [0.4, 0.5) is 0 Å². The number of benzene rings is 6. The first-order chi connectivity index (χ1) is 28.6. The molecule has 4 aromatic heterocycles. The highest BCUT2D eigenvalue weighted by Gasteiger charge is 2.19. The van der Waals surface area contributed by atoms with E-state index in [2.05, 4.69) is 128 Å². The monoisotopic (exact) mass is 753 g/mol. The highest BCUT2D eigenvalue weighted by atomic mass is 16.3. The number of unbranched alkanes of at least 4 members (excludes halogenated alkanes) is 2. The number of fused-ring (bicyclic) bond motifs is 6. The number of pyridine rings is 1. The second-order valence-corrected chi connectivity index (χ2v) is 15.2. The minimum Gasteiger partial charge on any atom is -0.456 e. The zero-order valence-corrected chi connectivity index (χ0v) is 32.8. The first kappa shape index (κ1) is 35.5. The maximum atomic E-state index is 6.46. The Balaban J connectivity index is 1.09. The van der Waals surface area contributed by atoms with Gasteiger partial charge in [0.05, 0.1) is 11.0 Å². The fourth-order valence-corrected chi connectivity index (χ4v) is 8.25. The van der Waals surface area contributed by atoms with Gasteiger partial charge in [0.15, 0.2) is 17.5 Å². The molecular weight excluding hydrogens is 711 g/mol. The Morgan fingerprint density at radius 2 is 1.10 bits per heavy atom. The minimum atomic E-state index is 0.585. The number of furan rings is 1. The molecule has 4 heterocycles. The predicted molar refractivity (Wildman–Crippen MR) is 238 cm³/mol. The van der Waals surface area contributed by atoms with Gasteiger partial charge in [0.25, 0.3) is 0 Å². The molecule has 0 saturated carbocycles. The quantitative estimate of drug-likeness (QED) is 0.132. The van der Waals surface area contributed by atoms with Gasteiger partial charge in [-0.15, -0.1) is 0 Å². The van der Waals surface area contributed by atoms with E-state index in [4.69, 9.17) is 24.4 Å². The molecule has 0 radical (unpaired) electrons. The number of aromatic nitrogens is 5. The van der Waals surface area contributed by atoms with Gasteiger partial charge in [-0.25, -0.2) is 19.9 Å². The third-order valence-corrected chi connectivity index (χ3v) is 11.3. The van der Waals surface area contributed by atoms with E-state index in [0.717, 1.165) is 86.7 Å². The third-order valence-electron chi connectivity index (χ3n) is 11.3. The molecule has 0 saturated heterocycles. The van der Waals surface area contributed by atoms with E-state index >= 15 is 0 Å². The van der Waals surface area contributed by atoms with E-state index in [1.807, 2.05) is 42.6 Å². The van der Waals surface area contributed by atoms with Gasteiger partial charge in [-0.2, -0.15) is 0 Å².